The van der Waals surface area contributed by atoms with Crippen molar-refractivity contribution in [2.24, 2.45) is 0 Å². The van der Waals surface area contributed by atoms with Gasteiger partial charge in [-0.15, -0.1) is 11.8 Å². The molecule has 0 aromatic heterocycles. The number of hydrogen-bond acceptors (Lipinski definition) is 2. The summed E-state index contributed by atoms with van der Waals surface area (Å²) < 4.78 is 0. The molecule has 2 rings (SSSR count). The van der Waals surface area contributed by atoms with Gasteiger partial charge in [0.05, 0.1) is 0 Å². The average molecular weight is 244 g/mol. The van der Waals surface area contributed by atoms with Crippen LogP contribution in [0, 0.1) is 0 Å². The van der Waals surface area contributed by atoms with Gasteiger partial charge in [0, 0.05) is 10.5 Å². The largest absolute Gasteiger partial charge is 0.298 e. The Bertz CT molecular complexity index is 519. The van der Waals surface area contributed by atoms with E-state index in [-0.39, 0.29) is 0 Å². The molecule has 0 unspecified atom stereocenters. The van der Waals surface area contributed by atoms with E-state index in [1.807, 2.05) is 24.3 Å². The zero-order chi connectivity index (χ0) is 12.1. The van der Waals surface area contributed by atoms with Crippen LogP contribution in [-0.4, -0.2) is 12.0 Å². The molecular formula is C15H16OS. The maximum atomic E-state index is 11.1. The lowest BCUT2D eigenvalue weighted by molar-refractivity contribution is 0.112. The Morgan fingerprint density at radius 2 is 2.00 bits per heavy atom. The van der Waals surface area contributed by atoms with Crippen molar-refractivity contribution in [3.63, 3.8) is 0 Å². The molecule has 0 spiro atoms. The van der Waals surface area contributed by atoms with Crippen LogP contribution in [0.15, 0.2) is 41.3 Å². The van der Waals surface area contributed by atoms with Crippen molar-refractivity contribution in [3.8, 4) is 0 Å². The molecule has 17 heavy (non-hydrogen) atoms. The summed E-state index contributed by atoms with van der Waals surface area (Å²) in [7, 11) is 0. The van der Waals surface area contributed by atoms with Gasteiger partial charge < -0.3 is 0 Å². The third-order valence-corrected chi connectivity index (χ3v) is 4.02. The summed E-state index contributed by atoms with van der Waals surface area (Å²) in [4.78, 5) is 12.2. The Hall–Kier alpha value is -1.28. The first-order chi connectivity index (χ1) is 8.36. The summed E-state index contributed by atoms with van der Waals surface area (Å²) in [5, 5.41) is 2.40. The van der Waals surface area contributed by atoms with Crippen LogP contribution in [0.1, 0.15) is 30.1 Å². The Balaban J connectivity index is 2.43. The number of rotatable bonds is 5. The normalized spacial score (nSPS) is 10.6. The molecule has 0 aliphatic heterocycles. The van der Waals surface area contributed by atoms with Gasteiger partial charge >= 0.3 is 0 Å². The monoisotopic (exact) mass is 244 g/mol. The summed E-state index contributed by atoms with van der Waals surface area (Å²) >= 11 is 1.79. The molecular weight excluding hydrogens is 228 g/mol. The van der Waals surface area contributed by atoms with E-state index in [9.17, 15) is 4.79 Å². The minimum Gasteiger partial charge on any atom is -0.298 e. The number of unbranched alkanes of at least 4 members (excludes halogenated alkanes) is 1. The topological polar surface area (TPSA) is 17.1 Å². The van der Waals surface area contributed by atoms with Crippen molar-refractivity contribution < 1.29 is 4.79 Å². The Labute approximate surface area is 106 Å². The van der Waals surface area contributed by atoms with Crippen LogP contribution in [0.25, 0.3) is 10.8 Å². The third kappa shape index (κ3) is 2.70. The number of benzene rings is 2. The molecule has 0 saturated carbocycles. The second-order valence-electron chi connectivity index (χ2n) is 4.02. The van der Waals surface area contributed by atoms with E-state index in [1.165, 1.54) is 23.6 Å². The fraction of sp³-hybridized carbons (Fsp3) is 0.267. The number of hydrogen-bond donors (Lipinski definition) is 0. The SMILES string of the molecule is CCCCSc1c(C=O)ccc2ccccc12. The molecule has 0 heterocycles. The first kappa shape index (κ1) is 12.2. The smallest absolute Gasteiger partial charge is 0.151 e. The van der Waals surface area contributed by atoms with E-state index >= 15 is 0 Å². The lowest BCUT2D eigenvalue weighted by Crippen LogP contribution is -1.89. The number of carbonyl (C=O) groups is 1. The highest BCUT2D eigenvalue weighted by molar-refractivity contribution is 7.99. The van der Waals surface area contributed by atoms with Crippen LogP contribution in [0.5, 0.6) is 0 Å². The van der Waals surface area contributed by atoms with Crippen LogP contribution in [0.4, 0.5) is 0 Å². The first-order valence-electron chi connectivity index (χ1n) is 5.96. The molecule has 1 nitrogen and oxygen atoms in total. The van der Waals surface area contributed by atoms with Crippen LogP contribution in [0.3, 0.4) is 0 Å². The van der Waals surface area contributed by atoms with Gasteiger partial charge in [0.2, 0.25) is 0 Å². The zero-order valence-electron chi connectivity index (χ0n) is 9.98. The number of carbonyl (C=O) groups excluding carboxylic acids is 1. The van der Waals surface area contributed by atoms with Crippen LogP contribution in [-0.2, 0) is 0 Å². The molecule has 0 amide bonds. The quantitative estimate of drug-likeness (QED) is 0.436. The molecule has 0 fully saturated rings. The highest BCUT2D eigenvalue weighted by atomic mass is 32.2. The second kappa shape index (κ2) is 5.87. The number of aldehydes is 1. The van der Waals surface area contributed by atoms with Gasteiger partial charge in [-0.2, -0.15) is 0 Å². The van der Waals surface area contributed by atoms with Crippen molar-refractivity contribution in [2.45, 2.75) is 24.7 Å². The van der Waals surface area contributed by atoms with Crippen molar-refractivity contribution >= 4 is 28.8 Å². The van der Waals surface area contributed by atoms with Crippen LogP contribution in [0.2, 0.25) is 0 Å². The van der Waals surface area contributed by atoms with Crippen molar-refractivity contribution in [3.05, 3.63) is 42.0 Å². The number of thioether (sulfide) groups is 1. The van der Waals surface area contributed by atoms with Gasteiger partial charge in [0.15, 0.2) is 6.29 Å². The molecule has 0 atom stereocenters. The first-order valence-corrected chi connectivity index (χ1v) is 6.95. The molecule has 2 aromatic carbocycles. The Morgan fingerprint density at radius 1 is 1.18 bits per heavy atom. The van der Waals surface area contributed by atoms with Gasteiger partial charge in [-0.25, -0.2) is 0 Å². The van der Waals surface area contributed by atoms with Crippen LogP contribution >= 0.6 is 11.8 Å². The lowest BCUT2D eigenvalue weighted by Gasteiger charge is -2.08. The average Bonchev–Trinajstić information content (AvgIpc) is 2.39. The lowest BCUT2D eigenvalue weighted by atomic mass is 10.1. The standard InChI is InChI=1S/C15H16OS/c1-2-3-10-17-15-13(11-16)9-8-12-6-4-5-7-14(12)15/h4-9,11H,2-3,10H2,1H3. The molecule has 0 aliphatic carbocycles. The van der Waals surface area contributed by atoms with E-state index in [4.69, 9.17) is 0 Å². The van der Waals surface area contributed by atoms with Gasteiger partial charge in [0.25, 0.3) is 0 Å². The summed E-state index contributed by atoms with van der Waals surface area (Å²) in [6.07, 6.45) is 3.33. The van der Waals surface area contributed by atoms with Crippen molar-refractivity contribution in [1.82, 2.24) is 0 Å². The van der Waals surface area contributed by atoms with Crippen molar-refractivity contribution in [2.75, 3.05) is 5.75 Å². The molecule has 0 aliphatic rings. The minimum atomic E-state index is 0.810. The second-order valence-corrected chi connectivity index (χ2v) is 5.13. The highest BCUT2D eigenvalue weighted by Crippen LogP contribution is 2.31. The molecule has 0 radical (unpaired) electrons. The van der Waals surface area contributed by atoms with Gasteiger partial charge in [0.1, 0.15) is 0 Å². The van der Waals surface area contributed by atoms with Gasteiger partial charge in [-0.3, -0.25) is 4.79 Å². The summed E-state index contributed by atoms with van der Waals surface area (Å²) in [6, 6.07) is 12.2. The fourth-order valence-electron chi connectivity index (χ4n) is 1.83. The van der Waals surface area contributed by atoms with E-state index in [1.54, 1.807) is 11.8 Å². The molecule has 2 heteroatoms. The van der Waals surface area contributed by atoms with E-state index in [2.05, 4.69) is 19.1 Å². The Kier molecular flexibility index (Phi) is 4.21. The number of fused-ring (bicyclic) bond motifs is 1. The fourth-order valence-corrected chi connectivity index (χ4v) is 3.09. The summed E-state index contributed by atoms with van der Waals surface area (Å²) in [6.45, 7) is 2.18. The van der Waals surface area contributed by atoms with Crippen molar-refractivity contribution in [1.29, 1.82) is 0 Å². The van der Waals surface area contributed by atoms with E-state index in [0.29, 0.717) is 0 Å². The predicted molar refractivity (Wildman–Crippen MR) is 75.0 cm³/mol. The van der Waals surface area contributed by atoms with Gasteiger partial charge in [-0.1, -0.05) is 43.7 Å². The third-order valence-electron chi connectivity index (χ3n) is 2.78. The molecule has 0 saturated heterocycles. The predicted octanol–water partition coefficient (Wildman–Crippen LogP) is 4.54. The zero-order valence-corrected chi connectivity index (χ0v) is 10.8. The van der Waals surface area contributed by atoms with E-state index < -0.39 is 0 Å². The molecule has 0 N–H and O–H groups in total. The summed E-state index contributed by atoms with van der Waals surface area (Å²) in [5.41, 5.74) is 0.810. The minimum absolute atomic E-state index is 0.810. The molecule has 88 valence electrons. The maximum absolute atomic E-state index is 11.1. The van der Waals surface area contributed by atoms with Crippen LogP contribution < -0.4 is 0 Å². The molecule has 0 bridgehead atoms. The molecule has 2 aromatic rings. The van der Waals surface area contributed by atoms with Gasteiger partial charge in [-0.05, 0) is 29.0 Å². The summed E-state index contributed by atoms with van der Waals surface area (Å²) in [5.74, 6) is 1.07. The van der Waals surface area contributed by atoms with E-state index in [0.717, 1.165) is 22.5 Å². The Morgan fingerprint density at radius 3 is 2.76 bits per heavy atom. The highest BCUT2D eigenvalue weighted by Gasteiger charge is 2.06. The maximum Gasteiger partial charge on any atom is 0.151 e.